The SMILES string of the molecule is N#Cc1cnn(-c2ccccn2)c1NC(=O)COc1ccc(Cl)cc1. The van der Waals surface area contributed by atoms with Crippen LogP contribution in [0.15, 0.2) is 54.9 Å². The molecule has 0 aliphatic carbocycles. The lowest BCUT2D eigenvalue weighted by Gasteiger charge is -2.10. The van der Waals surface area contributed by atoms with Crippen LogP contribution in [0.1, 0.15) is 5.56 Å². The van der Waals surface area contributed by atoms with Gasteiger partial charge in [0.2, 0.25) is 0 Å². The van der Waals surface area contributed by atoms with Crippen LogP contribution in [-0.2, 0) is 4.79 Å². The lowest BCUT2D eigenvalue weighted by Crippen LogP contribution is -2.22. The lowest BCUT2D eigenvalue weighted by molar-refractivity contribution is -0.118. The molecule has 0 unspecified atom stereocenters. The zero-order chi connectivity index (χ0) is 17.6. The molecular formula is C17H12ClN5O2. The van der Waals surface area contributed by atoms with E-state index in [2.05, 4.69) is 15.4 Å². The Morgan fingerprint density at radius 3 is 2.76 bits per heavy atom. The fourth-order valence-corrected chi connectivity index (χ4v) is 2.18. The number of carbonyl (C=O) groups is 1. The summed E-state index contributed by atoms with van der Waals surface area (Å²) >= 11 is 5.80. The second kappa shape index (κ2) is 7.47. The van der Waals surface area contributed by atoms with Crippen molar-refractivity contribution in [2.75, 3.05) is 11.9 Å². The maximum absolute atomic E-state index is 12.2. The van der Waals surface area contributed by atoms with E-state index in [4.69, 9.17) is 16.3 Å². The monoisotopic (exact) mass is 353 g/mol. The minimum absolute atomic E-state index is 0.222. The first kappa shape index (κ1) is 16.5. The molecule has 0 fully saturated rings. The third-order valence-corrected chi connectivity index (χ3v) is 3.45. The minimum Gasteiger partial charge on any atom is -0.484 e. The summed E-state index contributed by atoms with van der Waals surface area (Å²) in [7, 11) is 0. The van der Waals surface area contributed by atoms with Crippen molar-refractivity contribution in [3.8, 4) is 17.6 Å². The quantitative estimate of drug-likeness (QED) is 0.761. The highest BCUT2D eigenvalue weighted by molar-refractivity contribution is 6.30. The van der Waals surface area contributed by atoms with Gasteiger partial charge in [-0.2, -0.15) is 15.0 Å². The molecule has 0 radical (unpaired) electrons. The second-order valence-electron chi connectivity index (χ2n) is 4.91. The molecule has 7 nitrogen and oxygen atoms in total. The number of carbonyl (C=O) groups excluding carboxylic acids is 1. The summed E-state index contributed by atoms with van der Waals surface area (Å²) < 4.78 is 6.78. The molecule has 1 amide bonds. The van der Waals surface area contributed by atoms with Crippen molar-refractivity contribution in [3.63, 3.8) is 0 Å². The summed E-state index contributed by atoms with van der Waals surface area (Å²) in [4.78, 5) is 16.3. The summed E-state index contributed by atoms with van der Waals surface area (Å²) in [6.45, 7) is -0.222. The van der Waals surface area contributed by atoms with Crippen molar-refractivity contribution in [3.05, 3.63) is 65.4 Å². The van der Waals surface area contributed by atoms with Gasteiger partial charge in [-0.25, -0.2) is 4.98 Å². The average molecular weight is 354 g/mol. The van der Waals surface area contributed by atoms with Gasteiger partial charge >= 0.3 is 0 Å². The summed E-state index contributed by atoms with van der Waals surface area (Å²) in [5, 5.41) is 16.5. The highest BCUT2D eigenvalue weighted by Gasteiger charge is 2.16. The number of benzene rings is 1. The Hall–Kier alpha value is -3.37. The van der Waals surface area contributed by atoms with Crippen LogP contribution >= 0.6 is 11.6 Å². The molecule has 1 N–H and O–H groups in total. The van der Waals surface area contributed by atoms with Crippen LogP contribution in [0.5, 0.6) is 5.75 Å². The molecule has 124 valence electrons. The van der Waals surface area contributed by atoms with E-state index < -0.39 is 5.91 Å². The van der Waals surface area contributed by atoms with E-state index >= 15 is 0 Å². The molecule has 0 spiro atoms. The third kappa shape index (κ3) is 3.94. The number of nitrogens with one attached hydrogen (secondary N) is 1. The lowest BCUT2D eigenvalue weighted by atomic mass is 10.3. The molecule has 0 atom stereocenters. The van der Waals surface area contributed by atoms with Gasteiger partial charge in [-0.1, -0.05) is 17.7 Å². The Kier molecular flexibility index (Phi) is 4.92. The Morgan fingerprint density at radius 1 is 1.28 bits per heavy atom. The average Bonchev–Trinajstić information content (AvgIpc) is 3.04. The van der Waals surface area contributed by atoms with Crippen LogP contribution in [0, 0.1) is 11.3 Å². The molecule has 0 bridgehead atoms. The number of ether oxygens (including phenoxy) is 1. The Balaban J connectivity index is 1.73. The maximum Gasteiger partial charge on any atom is 0.263 e. The highest BCUT2D eigenvalue weighted by Crippen LogP contribution is 2.19. The van der Waals surface area contributed by atoms with Gasteiger partial charge in [0, 0.05) is 11.2 Å². The van der Waals surface area contributed by atoms with Crippen LogP contribution in [0.25, 0.3) is 5.82 Å². The van der Waals surface area contributed by atoms with Crippen molar-refractivity contribution in [1.29, 1.82) is 5.26 Å². The molecule has 25 heavy (non-hydrogen) atoms. The third-order valence-electron chi connectivity index (χ3n) is 3.20. The first-order valence-electron chi connectivity index (χ1n) is 7.25. The predicted octanol–water partition coefficient (Wildman–Crippen LogP) is 2.81. The zero-order valence-electron chi connectivity index (χ0n) is 12.9. The fourth-order valence-electron chi connectivity index (χ4n) is 2.05. The van der Waals surface area contributed by atoms with Crippen LogP contribution in [-0.4, -0.2) is 27.3 Å². The molecule has 0 aliphatic rings. The number of hydrogen-bond donors (Lipinski definition) is 1. The van der Waals surface area contributed by atoms with E-state index in [0.717, 1.165) is 0 Å². The largest absolute Gasteiger partial charge is 0.484 e. The van der Waals surface area contributed by atoms with Crippen molar-refractivity contribution < 1.29 is 9.53 Å². The van der Waals surface area contributed by atoms with Gasteiger partial charge in [-0.3, -0.25) is 4.79 Å². The molecular weight excluding hydrogens is 342 g/mol. The molecule has 3 aromatic rings. The summed E-state index contributed by atoms with van der Waals surface area (Å²) in [5.74, 6) is 0.811. The van der Waals surface area contributed by atoms with E-state index in [-0.39, 0.29) is 18.0 Å². The molecule has 1 aromatic carbocycles. The van der Waals surface area contributed by atoms with E-state index in [1.165, 1.54) is 10.9 Å². The smallest absolute Gasteiger partial charge is 0.263 e. The Morgan fingerprint density at radius 2 is 2.08 bits per heavy atom. The summed E-state index contributed by atoms with van der Waals surface area (Å²) in [6.07, 6.45) is 2.96. The minimum atomic E-state index is -0.427. The molecule has 0 aliphatic heterocycles. The van der Waals surface area contributed by atoms with E-state index in [0.29, 0.717) is 16.6 Å². The number of nitriles is 1. The second-order valence-corrected chi connectivity index (χ2v) is 5.35. The Bertz CT molecular complexity index is 916. The number of nitrogens with zero attached hydrogens (tertiary/aromatic N) is 4. The van der Waals surface area contributed by atoms with Crippen molar-refractivity contribution in [2.24, 2.45) is 0 Å². The first-order chi connectivity index (χ1) is 12.2. The number of hydrogen-bond acceptors (Lipinski definition) is 5. The number of pyridine rings is 1. The molecule has 8 heteroatoms. The number of halogens is 1. The van der Waals surface area contributed by atoms with Crippen molar-refractivity contribution in [1.82, 2.24) is 14.8 Å². The predicted molar refractivity (Wildman–Crippen MR) is 91.7 cm³/mol. The van der Waals surface area contributed by atoms with E-state index in [9.17, 15) is 10.1 Å². The van der Waals surface area contributed by atoms with Crippen LogP contribution in [0.3, 0.4) is 0 Å². The maximum atomic E-state index is 12.2. The van der Waals surface area contributed by atoms with Gasteiger partial charge in [-0.05, 0) is 36.4 Å². The van der Waals surface area contributed by atoms with Gasteiger partial charge in [0.25, 0.3) is 5.91 Å². The van der Waals surface area contributed by atoms with E-state index in [1.54, 1.807) is 48.7 Å². The Labute approximate surface area is 148 Å². The van der Waals surface area contributed by atoms with Gasteiger partial charge in [0.05, 0.1) is 6.20 Å². The molecule has 3 rings (SSSR count). The molecule has 2 heterocycles. The molecule has 0 saturated heterocycles. The molecule has 2 aromatic heterocycles. The summed E-state index contributed by atoms with van der Waals surface area (Å²) in [5.41, 5.74) is 0.227. The normalized spacial score (nSPS) is 10.1. The molecule has 0 saturated carbocycles. The number of amides is 1. The van der Waals surface area contributed by atoms with E-state index in [1.807, 2.05) is 6.07 Å². The first-order valence-corrected chi connectivity index (χ1v) is 7.63. The zero-order valence-corrected chi connectivity index (χ0v) is 13.6. The fraction of sp³-hybridized carbons (Fsp3) is 0.0588. The van der Waals surface area contributed by atoms with Gasteiger partial charge in [0.1, 0.15) is 17.4 Å². The van der Waals surface area contributed by atoms with Gasteiger partial charge in [0.15, 0.2) is 18.2 Å². The van der Waals surface area contributed by atoms with Gasteiger partial charge in [-0.15, -0.1) is 0 Å². The summed E-state index contributed by atoms with van der Waals surface area (Å²) in [6, 6.07) is 13.9. The van der Waals surface area contributed by atoms with Crippen LogP contribution in [0.2, 0.25) is 5.02 Å². The van der Waals surface area contributed by atoms with Gasteiger partial charge < -0.3 is 10.1 Å². The highest BCUT2D eigenvalue weighted by atomic mass is 35.5. The van der Waals surface area contributed by atoms with Crippen molar-refractivity contribution in [2.45, 2.75) is 0 Å². The number of aromatic nitrogens is 3. The number of rotatable bonds is 5. The topological polar surface area (TPSA) is 92.8 Å². The van der Waals surface area contributed by atoms with Crippen molar-refractivity contribution >= 4 is 23.3 Å². The number of anilines is 1. The standard InChI is InChI=1S/C17H12ClN5O2/c18-13-4-6-14(7-5-13)25-11-16(24)22-17-12(9-19)10-21-23(17)15-3-1-2-8-20-15/h1-8,10H,11H2,(H,22,24). The van der Waals surface area contributed by atoms with Crippen LogP contribution in [0.4, 0.5) is 5.82 Å². The van der Waals surface area contributed by atoms with Crippen LogP contribution < -0.4 is 10.1 Å².